The van der Waals surface area contributed by atoms with E-state index in [-0.39, 0.29) is 18.5 Å². The van der Waals surface area contributed by atoms with E-state index in [1.54, 1.807) is 34.9 Å². The molecule has 114 valence electrons. The van der Waals surface area contributed by atoms with Crippen LogP contribution in [0.3, 0.4) is 0 Å². The number of rotatable bonds is 3. The monoisotopic (exact) mass is 348 g/mol. The quantitative estimate of drug-likeness (QED) is 0.877. The predicted molar refractivity (Wildman–Crippen MR) is 85.6 cm³/mol. The second-order valence-corrected chi connectivity index (χ2v) is 6.63. The third kappa shape index (κ3) is 4.69. The second-order valence-electron chi connectivity index (χ2n) is 4.61. The summed E-state index contributed by atoms with van der Waals surface area (Å²) in [5.41, 5.74) is 0.491. The minimum atomic E-state index is -0.911. The van der Waals surface area contributed by atoms with Gasteiger partial charge in [0.2, 0.25) is 0 Å². The summed E-state index contributed by atoms with van der Waals surface area (Å²) in [6, 6.07) is 4.12. The van der Waals surface area contributed by atoms with Crippen LogP contribution in [0.1, 0.15) is 6.42 Å². The van der Waals surface area contributed by atoms with Crippen LogP contribution in [0.5, 0.6) is 0 Å². The minimum Gasteiger partial charge on any atom is -0.481 e. The van der Waals surface area contributed by atoms with Crippen molar-refractivity contribution in [2.24, 2.45) is 0 Å². The zero-order valence-electron chi connectivity index (χ0n) is 11.0. The molecule has 1 saturated heterocycles. The number of hydrogen-bond donors (Lipinski definition) is 2. The molecule has 0 aliphatic carbocycles. The molecule has 2 N–H and O–H groups in total. The number of thioether (sulfide) groups is 1. The summed E-state index contributed by atoms with van der Waals surface area (Å²) in [5, 5.41) is 12.5. The molecular formula is C13H14Cl2N2O3S. The molecule has 1 aliphatic rings. The van der Waals surface area contributed by atoms with E-state index in [0.29, 0.717) is 28.0 Å². The molecule has 0 aromatic heterocycles. The second kappa shape index (κ2) is 7.24. The van der Waals surface area contributed by atoms with Gasteiger partial charge in [0.05, 0.1) is 12.5 Å². The number of carboxylic acid groups (broad SMARTS) is 1. The lowest BCUT2D eigenvalue weighted by Crippen LogP contribution is -2.48. The van der Waals surface area contributed by atoms with Crippen molar-refractivity contribution in [3.05, 3.63) is 28.2 Å². The maximum atomic E-state index is 12.3. The van der Waals surface area contributed by atoms with Crippen LogP contribution < -0.4 is 5.32 Å². The standard InChI is InChI=1S/C13H14Cl2N2O3S/c14-8-3-9(15)5-10(4-8)16-13(20)17-1-2-21-7-11(17)6-12(18)19/h3-5,11H,1-2,6-7H2,(H,16,20)(H,18,19). The van der Waals surface area contributed by atoms with Gasteiger partial charge in [-0.2, -0.15) is 11.8 Å². The Morgan fingerprint density at radius 1 is 1.33 bits per heavy atom. The Bertz CT molecular complexity index is 536. The van der Waals surface area contributed by atoms with Crippen LogP contribution in [0.4, 0.5) is 10.5 Å². The lowest BCUT2D eigenvalue weighted by molar-refractivity contribution is -0.137. The molecule has 0 spiro atoms. The van der Waals surface area contributed by atoms with Crippen LogP contribution in [0.15, 0.2) is 18.2 Å². The fourth-order valence-electron chi connectivity index (χ4n) is 2.11. The van der Waals surface area contributed by atoms with Crippen molar-refractivity contribution >= 4 is 52.7 Å². The fraction of sp³-hybridized carbons (Fsp3) is 0.385. The molecule has 1 atom stereocenters. The predicted octanol–water partition coefficient (Wildman–Crippen LogP) is 3.42. The number of nitrogens with one attached hydrogen (secondary N) is 1. The van der Waals surface area contributed by atoms with Crippen LogP contribution in [-0.4, -0.2) is 46.1 Å². The summed E-state index contributed by atoms with van der Waals surface area (Å²) in [4.78, 5) is 24.7. The summed E-state index contributed by atoms with van der Waals surface area (Å²) >= 11 is 13.4. The Kier molecular flexibility index (Phi) is 5.61. The molecule has 2 rings (SSSR count). The average Bonchev–Trinajstić information content (AvgIpc) is 2.37. The van der Waals surface area contributed by atoms with Crippen molar-refractivity contribution < 1.29 is 14.7 Å². The van der Waals surface area contributed by atoms with Gasteiger partial charge in [0.1, 0.15) is 0 Å². The van der Waals surface area contributed by atoms with Crippen molar-refractivity contribution in [2.45, 2.75) is 12.5 Å². The molecule has 1 aliphatic heterocycles. The Labute approximate surface area is 136 Å². The summed E-state index contributed by atoms with van der Waals surface area (Å²) in [6.07, 6.45) is -0.0588. The molecule has 8 heteroatoms. The first-order valence-corrected chi connectivity index (χ1v) is 8.20. The maximum absolute atomic E-state index is 12.3. The molecule has 1 aromatic rings. The highest BCUT2D eigenvalue weighted by atomic mass is 35.5. The molecule has 0 bridgehead atoms. The smallest absolute Gasteiger partial charge is 0.322 e. The number of carbonyl (C=O) groups is 2. The van der Waals surface area contributed by atoms with E-state index in [2.05, 4.69) is 5.32 Å². The third-order valence-electron chi connectivity index (χ3n) is 3.01. The highest BCUT2D eigenvalue weighted by molar-refractivity contribution is 7.99. The van der Waals surface area contributed by atoms with Gasteiger partial charge in [-0.1, -0.05) is 23.2 Å². The number of carboxylic acids is 1. The van der Waals surface area contributed by atoms with Gasteiger partial charge in [-0.3, -0.25) is 4.79 Å². The number of nitrogens with zero attached hydrogens (tertiary/aromatic N) is 1. The Morgan fingerprint density at radius 2 is 2.00 bits per heavy atom. The summed E-state index contributed by atoms with van der Waals surface area (Å²) in [7, 11) is 0. The lowest BCUT2D eigenvalue weighted by Gasteiger charge is -2.34. The van der Waals surface area contributed by atoms with Crippen molar-refractivity contribution in [3.63, 3.8) is 0 Å². The molecule has 2 amide bonds. The van der Waals surface area contributed by atoms with E-state index < -0.39 is 5.97 Å². The molecule has 0 radical (unpaired) electrons. The molecule has 1 heterocycles. The Balaban J connectivity index is 2.08. The molecule has 1 aromatic carbocycles. The van der Waals surface area contributed by atoms with Gasteiger partial charge in [-0.15, -0.1) is 0 Å². The number of urea groups is 1. The summed E-state index contributed by atoms with van der Waals surface area (Å²) in [6.45, 7) is 0.517. The maximum Gasteiger partial charge on any atom is 0.322 e. The van der Waals surface area contributed by atoms with Gasteiger partial charge in [0, 0.05) is 33.8 Å². The number of hydrogen-bond acceptors (Lipinski definition) is 3. The first kappa shape index (κ1) is 16.3. The summed E-state index contributed by atoms with van der Waals surface area (Å²) < 4.78 is 0. The van der Waals surface area contributed by atoms with Crippen molar-refractivity contribution in [3.8, 4) is 0 Å². The topological polar surface area (TPSA) is 69.6 Å². The molecule has 1 fully saturated rings. The van der Waals surface area contributed by atoms with Gasteiger partial charge < -0.3 is 15.3 Å². The van der Waals surface area contributed by atoms with Crippen LogP contribution in [0.2, 0.25) is 10.0 Å². The fourth-order valence-corrected chi connectivity index (χ4v) is 3.70. The van der Waals surface area contributed by atoms with Crippen molar-refractivity contribution in [1.82, 2.24) is 4.90 Å². The van der Waals surface area contributed by atoms with E-state index in [9.17, 15) is 9.59 Å². The zero-order chi connectivity index (χ0) is 15.4. The van der Waals surface area contributed by atoms with Crippen LogP contribution in [0.25, 0.3) is 0 Å². The Hall–Kier alpha value is -1.11. The SMILES string of the molecule is O=C(O)CC1CSCCN1C(=O)Nc1cc(Cl)cc(Cl)c1. The van der Waals surface area contributed by atoms with E-state index >= 15 is 0 Å². The normalized spacial score (nSPS) is 18.4. The van der Waals surface area contributed by atoms with Gasteiger partial charge >= 0.3 is 12.0 Å². The number of benzene rings is 1. The van der Waals surface area contributed by atoms with Crippen LogP contribution in [0, 0.1) is 0 Å². The van der Waals surface area contributed by atoms with Gasteiger partial charge in [-0.25, -0.2) is 4.79 Å². The number of carbonyl (C=O) groups excluding carboxylic acids is 1. The number of halogens is 2. The minimum absolute atomic E-state index is 0.0588. The molecule has 21 heavy (non-hydrogen) atoms. The average molecular weight is 349 g/mol. The van der Waals surface area contributed by atoms with Gasteiger partial charge in [-0.05, 0) is 18.2 Å². The first-order chi connectivity index (χ1) is 9.95. The molecule has 5 nitrogen and oxygen atoms in total. The molecule has 1 unspecified atom stereocenters. The highest BCUT2D eigenvalue weighted by Gasteiger charge is 2.28. The Morgan fingerprint density at radius 3 is 2.62 bits per heavy atom. The van der Waals surface area contributed by atoms with Crippen LogP contribution in [-0.2, 0) is 4.79 Å². The first-order valence-electron chi connectivity index (χ1n) is 6.29. The third-order valence-corrected chi connectivity index (χ3v) is 4.54. The van der Waals surface area contributed by atoms with E-state index in [1.807, 2.05) is 0 Å². The van der Waals surface area contributed by atoms with Crippen LogP contribution >= 0.6 is 35.0 Å². The van der Waals surface area contributed by atoms with E-state index in [0.717, 1.165) is 5.75 Å². The lowest BCUT2D eigenvalue weighted by atomic mass is 10.2. The van der Waals surface area contributed by atoms with Crippen molar-refractivity contribution in [2.75, 3.05) is 23.4 Å². The molecular weight excluding hydrogens is 335 g/mol. The van der Waals surface area contributed by atoms with E-state index in [1.165, 1.54) is 0 Å². The van der Waals surface area contributed by atoms with Crippen molar-refractivity contribution in [1.29, 1.82) is 0 Å². The summed E-state index contributed by atoms with van der Waals surface area (Å²) in [5.74, 6) is 0.502. The number of amides is 2. The van der Waals surface area contributed by atoms with Gasteiger partial charge in [0.25, 0.3) is 0 Å². The number of aliphatic carboxylic acids is 1. The molecule has 0 saturated carbocycles. The zero-order valence-corrected chi connectivity index (χ0v) is 13.3. The highest BCUT2D eigenvalue weighted by Crippen LogP contribution is 2.24. The largest absolute Gasteiger partial charge is 0.481 e. The van der Waals surface area contributed by atoms with E-state index in [4.69, 9.17) is 28.3 Å². The van der Waals surface area contributed by atoms with Gasteiger partial charge in [0.15, 0.2) is 0 Å². The number of anilines is 1.